The third-order valence-electron chi connectivity index (χ3n) is 2.94. The van der Waals surface area contributed by atoms with Gasteiger partial charge in [-0.2, -0.15) is 0 Å². The van der Waals surface area contributed by atoms with E-state index in [4.69, 9.17) is 5.73 Å². The van der Waals surface area contributed by atoms with Crippen molar-refractivity contribution in [3.05, 3.63) is 12.2 Å². The number of rotatable bonds is 12. The third kappa shape index (κ3) is 13.7. The summed E-state index contributed by atoms with van der Waals surface area (Å²) in [6.45, 7) is 2.86. The van der Waals surface area contributed by atoms with Crippen molar-refractivity contribution in [3.63, 3.8) is 0 Å². The molecule has 0 saturated carbocycles. The maximum atomic E-state index is 7.04. The molecule has 0 fully saturated rings. The van der Waals surface area contributed by atoms with E-state index in [0.29, 0.717) is 6.54 Å². The summed E-state index contributed by atoms with van der Waals surface area (Å²) in [4.78, 5) is 0. The van der Waals surface area contributed by atoms with Crippen LogP contribution in [0.5, 0.6) is 0 Å². The van der Waals surface area contributed by atoms with E-state index >= 15 is 0 Å². The molecule has 0 aliphatic carbocycles. The maximum Gasteiger partial charge on any atom is 0.00997 e. The Morgan fingerprint density at radius 1 is 0.688 bits per heavy atom. The van der Waals surface area contributed by atoms with E-state index in [1.165, 1.54) is 64.2 Å². The molecule has 0 amide bonds. The normalized spacial score (nSPS) is 11.4. The maximum absolute atomic E-state index is 7.04. The largest absolute Gasteiger partial charge is 0.258 e. The number of nitrogens with one attached hydrogen (secondary N) is 1. The molecule has 1 heteroatoms. The predicted molar refractivity (Wildman–Crippen MR) is 73.6 cm³/mol. The lowest BCUT2D eigenvalue weighted by atomic mass is 10.1. The number of hydrogen-bond donors (Lipinski definition) is 0. The van der Waals surface area contributed by atoms with E-state index in [-0.39, 0.29) is 0 Å². The monoisotopic (exact) mass is 224 g/mol. The SMILES string of the molecule is CCCC/C=C/CCCCCCCCC[NH]. The molecule has 0 aliphatic heterocycles. The average Bonchev–Trinajstić information content (AvgIpc) is 2.31. The Labute approximate surface area is 102 Å². The van der Waals surface area contributed by atoms with E-state index in [1.54, 1.807) is 0 Å². The minimum absolute atomic E-state index is 0.614. The highest BCUT2D eigenvalue weighted by Crippen LogP contribution is 2.08. The Morgan fingerprint density at radius 2 is 1.19 bits per heavy atom. The van der Waals surface area contributed by atoms with Crippen molar-refractivity contribution in [2.24, 2.45) is 0 Å². The van der Waals surface area contributed by atoms with Crippen molar-refractivity contribution in [2.75, 3.05) is 6.54 Å². The quantitative estimate of drug-likeness (QED) is 0.324. The molecular formula is C15H30N. The molecule has 0 aromatic heterocycles. The Kier molecular flexibility index (Phi) is 14.4. The van der Waals surface area contributed by atoms with Gasteiger partial charge >= 0.3 is 0 Å². The summed E-state index contributed by atoms with van der Waals surface area (Å²) < 4.78 is 0. The van der Waals surface area contributed by atoms with Gasteiger partial charge in [-0.15, -0.1) is 0 Å². The minimum Gasteiger partial charge on any atom is -0.258 e. The van der Waals surface area contributed by atoms with Gasteiger partial charge in [-0.05, 0) is 25.7 Å². The zero-order valence-corrected chi connectivity index (χ0v) is 11.1. The second kappa shape index (κ2) is 14.7. The van der Waals surface area contributed by atoms with Gasteiger partial charge in [-0.1, -0.05) is 64.0 Å². The van der Waals surface area contributed by atoms with E-state index in [9.17, 15) is 0 Å². The van der Waals surface area contributed by atoms with E-state index < -0.39 is 0 Å². The fourth-order valence-electron chi connectivity index (χ4n) is 1.83. The topological polar surface area (TPSA) is 23.8 Å². The number of allylic oxidation sites excluding steroid dienone is 2. The van der Waals surface area contributed by atoms with Crippen LogP contribution < -0.4 is 5.73 Å². The van der Waals surface area contributed by atoms with Crippen LogP contribution in [0.25, 0.3) is 0 Å². The molecule has 1 N–H and O–H groups in total. The summed E-state index contributed by atoms with van der Waals surface area (Å²) in [5, 5.41) is 0. The van der Waals surface area contributed by atoms with E-state index in [2.05, 4.69) is 19.1 Å². The van der Waals surface area contributed by atoms with Gasteiger partial charge in [0.25, 0.3) is 0 Å². The first-order chi connectivity index (χ1) is 7.91. The van der Waals surface area contributed by atoms with E-state index in [1.807, 2.05) is 0 Å². The van der Waals surface area contributed by atoms with Crippen molar-refractivity contribution in [3.8, 4) is 0 Å². The zero-order valence-electron chi connectivity index (χ0n) is 11.1. The fraction of sp³-hybridized carbons (Fsp3) is 0.867. The fourth-order valence-corrected chi connectivity index (χ4v) is 1.83. The first kappa shape index (κ1) is 15.7. The summed E-state index contributed by atoms with van der Waals surface area (Å²) in [5.74, 6) is 0. The summed E-state index contributed by atoms with van der Waals surface area (Å²) in [6.07, 6.45) is 19.1. The third-order valence-corrected chi connectivity index (χ3v) is 2.94. The summed E-state index contributed by atoms with van der Waals surface area (Å²) in [5.41, 5.74) is 7.04. The Morgan fingerprint density at radius 3 is 1.75 bits per heavy atom. The number of hydrogen-bond acceptors (Lipinski definition) is 0. The Balaban J connectivity index is 2.95. The van der Waals surface area contributed by atoms with Crippen LogP contribution in [0.4, 0.5) is 0 Å². The van der Waals surface area contributed by atoms with Crippen LogP contribution in [0.15, 0.2) is 12.2 Å². The second-order valence-corrected chi connectivity index (χ2v) is 4.63. The zero-order chi connectivity index (χ0) is 11.9. The van der Waals surface area contributed by atoms with Gasteiger partial charge in [0.05, 0.1) is 0 Å². The molecule has 0 aromatic carbocycles. The molecular weight excluding hydrogens is 194 g/mol. The van der Waals surface area contributed by atoms with Crippen LogP contribution in [-0.2, 0) is 0 Å². The molecule has 1 radical (unpaired) electrons. The summed E-state index contributed by atoms with van der Waals surface area (Å²) >= 11 is 0. The second-order valence-electron chi connectivity index (χ2n) is 4.63. The average molecular weight is 224 g/mol. The highest BCUT2D eigenvalue weighted by Gasteiger charge is 1.90. The van der Waals surface area contributed by atoms with Crippen LogP contribution in [-0.4, -0.2) is 6.54 Å². The molecule has 0 aromatic rings. The first-order valence-corrected chi connectivity index (χ1v) is 7.21. The highest BCUT2D eigenvalue weighted by molar-refractivity contribution is 4.81. The van der Waals surface area contributed by atoms with Gasteiger partial charge in [0, 0.05) is 6.54 Å². The van der Waals surface area contributed by atoms with Crippen LogP contribution in [0.3, 0.4) is 0 Å². The van der Waals surface area contributed by atoms with Gasteiger partial charge in [0.2, 0.25) is 0 Å². The Hall–Kier alpha value is -0.300. The Bertz CT molecular complexity index is 140. The lowest BCUT2D eigenvalue weighted by Gasteiger charge is -1.99. The highest BCUT2D eigenvalue weighted by atomic mass is 14.5. The molecule has 0 aliphatic rings. The summed E-state index contributed by atoms with van der Waals surface area (Å²) in [7, 11) is 0. The van der Waals surface area contributed by atoms with Gasteiger partial charge < -0.3 is 0 Å². The molecule has 0 rings (SSSR count). The molecule has 95 valence electrons. The first-order valence-electron chi connectivity index (χ1n) is 7.21. The van der Waals surface area contributed by atoms with Crippen molar-refractivity contribution in [2.45, 2.75) is 77.6 Å². The lowest BCUT2D eigenvalue weighted by Crippen LogP contribution is -1.85. The lowest BCUT2D eigenvalue weighted by molar-refractivity contribution is 0.582. The molecule has 0 heterocycles. The van der Waals surface area contributed by atoms with Crippen molar-refractivity contribution in [1.82, 2.24) is 5.73 Å². The van der Waals surface area contributed by atoms with Crippen LogP contribution in [0.2, 0.25) is 0 Å². The molecule has 0 saturated heterocycles. The van der Waals surface area contributed by atoms with E-state index in [0.717, 1.165) is 6.42 Å². The molecule has 0 atom stereocenters. The standard InChI is InChI=1S/C15H30N/c1-2-3-4-5-6-7-8-9-10-11-12-13-14-15-16/h5-6,16H,2-4,7-15H2,1H3/b6-5+. The van der Waals surface area contributed by atoms with Crippen LogP contribution in [0, 0.1) is 0 Å². The van der Waals surface area contributed by atoms with Crippen LogP contribution in [0.1, 0.15) is 77.6 Å². The molecule has 0 unspecified atom stereocenters. The van der Waals surface area contributed by atoms with Gasteiger partial charge in [-0.25, -0.2) is 0 Å². The molecule has 1 nitrogen and oxygen atoms in total. The number of unbranched alkanes of at least 4 members (excludes halogenated alkanes) is 9. The summed E-state index contributed by atoms with van der Waals surface area (Å²) in [6, 6.07) is 0. The van der Waals surface area contributed by atoms with Crippen molar-refractivity contribution < 1.29 is 0 Å². The van der Waals surface area contributed by atoms with Crippen molar-refractivity contribution >= 4 is 0 Å². The molecule has 0 bridgehead atoms. The van der Waals surface area contributed by atoms with Gasteiger partial charge in [0.15, 0.2) is 0 Å². The minimum atomic E-state index is 0.614. The van der Waals surface area contributed by atoms with Crippen molar-refractivity contribution in [1.29, 1.82) is 0 Å². The molecule has 16 heavy (non-hydrogen) atoms. The predicted octanol–water partition coefficient (Wildman–Crippen LogP) is 5.14. The van der Waals surface area contributed by atoms with Crippen LogP contribution >= 0.6 is 0 Å². The molecule has 0 spiro atoms. The van der Waals surface area contributed by atoms with Gasteiger partial charge in [-0.3, -0.25) is 5.73 Å². The van der Waals surface area contributed by atoms with Gasteiger partial charge in [0.1, 0.15) is 0 Å². The smallest absolute Gasteiger partial charge is 0.00997 e.